The van der Waals surface area contributed by atoms with Crippen LogP contribution in [0.5, 0.6) is 0 Å². The van der Waals surface area contributed by atoms with Gasteiger partial charge < -0.3 is 26.9 Å². The number of nitrogens with zero attached hydrogens (tertiary/aromatic N) is 1. The highest BCUT2D eigenvalue weighted by molar-refractivity contribution is 5.75. The maximum Gasteiger partial charge on any atom is 0.362 e. The number of likely N-dealkylation sites (N-methyl/N-ethyl adjacent to an activating group) is 1. The number of hydrogen-bond acceptors (Lipinski definition) is 3. The van der Waals surface area contributed by atoms with Gasteiger partial charge in [-0.05, 0) is 37.0 Å². The predicted octanol–water partition coefficient (Wildman–Crippen LogP) is 7.40. The van der Waals surface area contributed by atoms with Crippen molar-refractivity contribution in [2.75, 3.05) is 33.7 Å². The monoisotopic (exact) mass is 657 g/mol. The van der Waals surface area contributed by atoms with Crippen molar-refractivity contribution in [1.82, 2.24) is 5.32 Å². The zero-order valence-electron chi connectivity index (χ0n) is 31.0. The average Bonchev–Trinajstić information content (AvgIpc) is 2.96. The first-order chi connectivity index (χ1) is 21.1. The number of amides is 1. The molecule has 0 bridgehead atoms. The molecule has 1 amide bonds. The lowest BCUT2D eigenvalue weighted by atomic mass is 9.75. The van der Waals surface area contributed by atoms with E-state index in [9.17, 15) is 9.59 Å². The molecular formula is C39H77ClN2O3. The molecule has 0 spiro atoms. The Morgan fingerprint density at radius 2 is 1.20 bits per heavy atom. The second kappa shape index (κ2) is 28.2. The van der Waals surface area contributed by atoms with Gasteiger partial charge in [-0.25, -0.2) is 4.79 Å². The Kier molecular flexibility index (Phi) is 27.7. The van der Waals surface area contributed by atoms with E-state index in [1.54, 1.807) is 0 Å². The Hall–Kier alpha value is -0.810. The van der Waals surface area contributed by atoms with Crippen LogP contribution in [0.1, 0.15) is 182 Å². The first-order valence-electron chi connectivity index (χ1n) is 19.4. The van der Waals surface area contributed by atoms with Crippen molar-refractivity contribution in [3.63, 3.8) is 0 Å². The van der Waals surface area contributed by atoms with Gasteiger partial charge in [0.25, 0.3) is 0 Å². The number of carbonyl (C=O) groups is 2. The van der Waals surface area contributed by atoms with E-state index in [2.05, 4.69) is 47.1 Å². The minimum absolute atomic E-state index is 0. The summed E-state index contributed by atoms with van der Waals surface area (Å²) in [5, 5.41) is 3.09. The summed E-state index contributed by atoms with van der Waals surface area (Å²) in [7, 11) is 4.18. The van der Waals surface area contributed by atoms with Crippen LogP contribution in [-0.4, -0.2) is 56.2 Å². The highest BCUT2D eigenvalue weighted by atomic mass is 35.5. The normalized spacial score (nSPS) is 18.5. The van der Waals surface area contributed by atoms with Crippen molar-refractivity contribution < 1.29 is 31.2 Å². The van der Waals surface area contributed by atoms with Gasteiger partial charge in [0.05, 0.1) is 20.6 Å². The summed E-state index contributed by atoms with van der Waals surface area (Å²) in [6, 6.07) is 0. The number of nitrogens with one attached hydrogen (secondary N) is 1. The van der Waals surface area contributed by atoms with E-state index in [1.165, 1.54) is 116 Å². The molecule has 1 N–H and O–H groups in total. The number of halogens is 1. The maximum absolute atomic E-state index is 12.8. The lowest BCUT2D eigenvalue weighted by Gasteiger charge is -2.37. The van der Waals surface area contributed by atoms with E-state index in [0.717, 1.165) is 38.6 Å². The minimum Gasteiger partial charge on any atom is -1.00 e. The zero-order chi connectivity index (χ0) is 32.5. The van der Waals surface area contributed by atoms with Gasteiger partial charge in [-0.3, -0.25) is 4.79 Å². The van der Waals surface area contributed by atoms with Crippen LogP contribution in [0, 0.1) is 17.8 Å². The zero-order valence-corrected chi connectivity index (χ0v) is 31.7. The summed E-state index contributed by atoms with van der Waals surface area (Å²) in [6.07, 6.45) is 31.0. The highest BCUT2D eigenvalue weighted by Crippen LogP contribution is 2.35. The van der Waals surface area contributed by atoms with Crippen molar-refractivity contribution in [2.45, 2.75) is 188 Å². The van der Waals surface area contributed by atoms with Crippen molar-refractivity contribution in [3.8, 4) is 0 Å². The van der Waals surface area contributed by atoms with Gasteiger partial charge in [-0.2, -0.15) is 0 Å². The highest BCUT2D eigenvalue weighted by Gasteiger charge is 2.34. The van der Waals surface area contributed by atoms with Gasteiger partial charge in [0.2, 0.25) is 5.91 Å². The summed E-state index contributed by atoms with van der Waals surface area (Å²) < 4.78 is 6.62. The van der Waals surface area contributed by atoms with E-state index < -0.39 is 0 Å². The first kappa shape index (κ1) is 44.2. The van der Waals surface area contributed by atoms with Crippen molar-refractivity contribution in [2.24, 2.45) is 17.8 Å². The number of quaternary nitrogens is 1. The van der Waals surface area contributed by atoms with Gasteiger partial charge in [0.1, 0.15) is 6.10 Å². The van der Waals surface area contributed by atoms with Crippen LogP contribution in [0.3, 0.4) is 0 Å². The van der Waals surface area contributed by atoms with Gasteiger partial charge in [-0.15, -0.1) is 0 Å². The Morgan fingerprint density at radius 1 is 0.733 bits per heavy atom. The summed E-state index contributed by atoms with van der Waals surface area (Å²) in [5.41, 5.74) is 0. The first-order valence-corrected chi connectivity index (χ1v) is 19.4. The molecule has 1 rings (SSSR count). The fourth-order valence-electron chi connectivity index (χ4n) is 7.07. The van der Waals surface area contributed by atoms with Crippen LogP contribution in [0.2, 0.25) is 0 Å². The van der Waals surface area contributed by atoms with E-state index >= 15 is 0 Å². The van der Waals surface area contributed by atoms with Gasteiger partial charge in [0, 0.05) is 19.4 Å². The molecule has 268 valence electrons. The molecule has 1 aliphatic carbocycles. The number of hydrogen-bond donors (Lipinski definition) is 1. The largest absolute Gasteiger partial charge is 1.00 e. The number of unbranched alkanes of at least 4 members (excludes halogenated alkanes) is 18. The molecule has 45 heavy (non-hydrogen) atoms. The van der Waals surface area contributed by atoms with Crippen molar-refractivity contribution in [1.29, 1.82) is 0 Å². The number of esters is 1. The van der Waals surface area contributed by atoms with Gasteiger partial charge >= 0.3 is 5.97 Å². The molecule has 0 aromatic heterocycles. The molecule has 1 saturated carbocycles. The van der Waals surface area contributed by atoms with E-state index in [-0.39, 0.29) is 30.4 Å². The van der Waals surface area contributed by atoms with Crippen molar-refractivity contribution in [3.05, 3.63) is 0 Å². The maximum atomic E-state index is 12.8. The number of ether oxygens (including phenoxy) is 1. The Balaban J connectivity index is 0.0000194. The predicted molar refractivity (Wildman–Crippen MR) is 189 cm³/mol. The molecule has 1 aliphatic rings. The topological polar surface area (TPSA) is 55.4 Å². The third kappa shape index (κ3) is 25.0. The molecule has 0 aromatic carbocycles. The number of rotatable bonds is 28. The SMILES string of the molecule is CCCCCCCCCCCCCCCCCCCCCC(=O)NCCC[N+](C)(C)CC(=O)OC1CC(C)CCC1C(C)C.[Cl-]. The summed E-state index contributed by atoms with van der Waals surface area (Å²) in [6.45, 7) is 11.0. The average molecular weight is 658 g/mol. The second-order valence-corrected chi connectivity index (χ2v) is 15.5. The lowest BCUT2D eigenvalue weighted by Crippen LogP contribution is -3.00. The molecule has 3 unspecified atom stereocenters. The second-order valence-electron chi connectivity index (χ2n) is 15.5. The molecular weight excluding hydrogens is 580 g/mol. The fraction of sp³-hybridized carbons (Fsp3) is 0.949. The van der Waals surface area contributed by atoms with Crippen LogP contribution < -0.4 is 17.7 Å². The Morgan fingerprint density at radius 3 is 1.67 bits per heavy atom. The Bertz CT molecular complexity index is 714. The van der Waals surface area contributed by atoms with Crippen molar-refractivity contribution >= 4 is 11.9 Å². The van der Waals surface area contributed by atoms with E-state index in [4.69, 9.17) is 4.74 Å². The molecule has 5 nitrogen and oxygen atoms in total. The summed E-state index contributed by atoms with van der Waals surface area (Å²) in [5.74, 6) is 1.76. The quantitative estimate of drug-likeness (QED) is 0.0543. The molecule has 0 saturated heterocycles. The summed E-state index contributed by atoms with van der Waals surface area (Å²) >= 11 is 0. The van der Waals surface area contributed by atoms with Gasteiger partial charge in [-0.1, -0.05) is 150 Å². The fourth-order valence-corrected chi connectivity index (χ4v) is 7.07. The third-order valence-corrected chi connectivity index (χ3v) is 10.1. The van der Waals surface area contributed by atoms with Crippen LogP contribution in [-0.2, 0) is 14.3 Å². The lowest BCUT2D eigenvalue weighted by molar-refractivity contribution is -0.883. The molecule has 6 heteroatoms. The van der Waals surface area contributed by atoms with Crippen LogP contribution in [0.25, 0.3) is 0 Å². The molecule has 0 aliphatic heterocycles. The third-order valence-electron chi connectivity index (χ3n) is 10.1. The summed E-state index contributed by atoms with van der Waals surface area (Å²) in [4.78, 5) is 25.1. The minimum atomic E-state index is -0.0758. The van der Waals surface area contributed by atoms with Crippen LogP contribution in [0.4, 0.5) is 0 Å². The standard InChI is InChI=1S/C39H76N2O3.ClH/c1-7-8-9-10-11-12-13-14-15-16-17-18-19-20-21-22-23-24-25-27-38(42)40-30-26-31-41(5,6)33-39(43)44-37-32-35(4)28-29-36(37)34(2)3;/h34-37H,7-33H2,1-6H3;1H. The molecule has 0 heterocycles. The molecule has 0 radical (unpaired) electrons. The van der Waals surface area contributed by atoms with E-state index in [1.807, 2.05) is 0 Å². The van der Waals surface area contributed by atoms with Gasteiger partial charge in [0.15, 0.2) is 6.54 Å². The smallest absolute Gasteiger partial charge is 0.362 e. The van der Waals surface area contributed by atoms with E-state index in [0.29, 0.717) is 41.7 Å². The molecule has 3 atom stereocenters. The van der Waals surface area contributed by atoms with Crippen LogP contribution >= 0.6 is 0 Å². The molecule has 0 aromatic rings. The molecule has 1 fully saturated rings. The Labute approximate surface area is 287 Å². The number of carbonyl (C=O) groups excluding carboxylic acids is 2. The van der Waals surface area contributed by atoms with Crippen LogP contribution in [0.15, 0.2) is 0 Å².